The molecular weight excluding hydrogens is 184 g/mol. The minimum atomic E-state index is 0.212. The molecule has 0 radical (unpaired) electrons. The maximum absolute atomic E-state index is 11.3. The molecule has 70 valence electrons. The largest absolute Gasteiger partial charge is 0.299 e. The minimum absolute atomic E-state index is 0.212. The lowest BCUT2D eigenvalue weighted by atomic mass is 10.0. The zero-order valence-corrected chi connectivity index (χ0v) is 8.47. The van der Waals surface area contributed by atoms with Crippen LogP contribution in [-0.2, 0) is 11.2 Å². The molecule has 0 saturated carbocycles. The van der Waals surface area contributed by atoms with Crippen molar-refractivity contribution in [2.45, 2.75) is 19.8 Å². The fraction of sp³-hybridized carbons (Fsp3) is 0.364. The Balaban J connectivity index is 2.63. The molecule has 1 rings (SSSR count). The van der Waals surface area contributed by atoms with Crippen LogP contribution in [0.15, 0.2) is 24.3 Å². The van der Waals surface area contributed by atoms with Gasteiger partial charge in [-0.1, -0.05) is 24.3 Å². The Morgan fingerprint density at radius 3 is 2.69 bits per heavy atom. The summed E-state index contributed by atoms with van der Waals surface area (Å²) in [6.07, 6.45) is 0.981. The van der Waals surface area contributed by atoms with Crippen LogP contribution in [0.1, 0.15) is 17.5 Å². The van der Waals surface area contributed by atoms with E-state index in [1.54, 1.807) is 0 Å². The normalized spacial score (nSPS) is 10.0. The van der Waals surface area contributed by atoms with Gasteiger partial charge in [0.15, 0.2) is 0 Å². The van der Waals surface area contributed by atoms with E-state index in [2.05, 4.69) is 0 Å². The van der Waals surface area contributed by atoms with Gasteiger partial charge in [-0.25, -0.2) is 0 Å². The fourth-order valence-electron chi connectivity index (χ4n) is 1.21. The summed E-state index contributed by atoms with van der Waals surface area (Å²) in [4.78, 5) is 11.3. The Kier molecular flexibility index (Phi) is 3.97. The van der Waals surface area contributed by atoms with E-state index in [9.17, 15) is 4.79 Å². The molecule has 0 fully saturated rings. The van der Waals surface area contributed by atoms with Crippen molar-refractivity contribution in [1.29, 1.82) is 0 Å². The Hall–Kier alpha value is -0.820. The highest BCUT2D eigenvalue weighted by Crippen LogP contribution is 2.08. The van der Waals surface area contributed by atoms with Crippen molar-refractivity contribution in [2.24, 2.45) is 0 Å². The number of halogens is 1. The molecule has 0 spiro atoms. The first kappa shape index (κ1) is 10.3. The van der Waals surface area contributed by atoms with Gasteiger partial charge in [0.25, 0.3) is 0 Å². The van der Waals surface area contributed by atoms with Crippen LogP contribution in [0.5, 0.6) is 0 Å². The zero-order chi connectivity index (χ0) is 9.68. The monoisotopic (exact) mass is 196 g/mol. The van der Waals surface area contributed by atoms with Gasteiger partial charge < -0.3 is 0 Å². The summed E-state index contributed by atoms with van der Waals surface area (Å²) in [5.41, 5.74) is 2.28. The minimum Gasteiger partial charge on any atom is -0.299 e. The van der Waals surface area contributed by atoms with Gasteiger partial charge in [0, 0.05) is 18.7 Å². The Bertz CT molecular complexity index is 294. The van der Waals surface area contributed by atoms with E-state index in [4.69, 9.17) is 11.6 Å². The van der Waals surface area contributed by atoms with Crippen LogP contribution in [0.25, 0.3) is 0 Å². The van der Waals surface area contributed by atoms with Gasteiger partial charge in [-0.15, -0.1) is 11.6 Å². The molecule has 0 N–H and O–H groups in total. The van der Waals surface area contributed by atoms with Gasteiger partial charge in [0.2, 0.25) is 0 Å². The molecule has 0 aromatic heterocycles. The van der Waals surface area contributed by atoms with Crippen molar-refractivity contribution in [3.8, 4) is 0 Å². The SMILES string of the molecule is Cc1ccccc1CC(=O)CCCl. The summed E-state index contributed by atoms with van der Waals surface area (Å²) in [7, 11) is 0. The first-order valence-electron chi connectivity index (χ1n) is 4.36. The maximum atomic E-state index is 11.3. The summed E-state index contributed by atoms with van der Waals surface area (Å²) in [6, 6.07) is 7.94. The van der Waals surface area contributed by atoms with Gasteiger partial charge in [-0.2, -0.15) is 0 Å². The smallest absolute Gasteiger partial charge is 0.138 e. The van der Waals surface area contributed by atoms with Crippen molar-refractivity contribution in [3.05, 3.63) is 35.4 Å². The number of Topliss-reactive ketones (excluding diaryl/α,β-unsaturated/α-hetero) is 1. The van der Waals surface area contributed by atoms with Crippen LogP contribution < -0.4 is 0 Å². The summed E-state index contributed by atoms with van der Waals surface area (Å²) in [5.74, 6) is 0.634. The van der Waals surface area contributed by atoms with E-state index < -0.39 is 0 Å². The summed E-state index contributed by atoms with van der Waals surface area (Å²) >= 11 is 5.48. The Morgan fingerprint density at radius 1 is 1.38 bits per heavy atom. The number of carbonyl (C=O) groups excluding carboxylic acids is 1. The molecule has 0 heterocycles. The van der Waals surface area contributed by atoms with Gasteiger partial charge in [0.1, 0.15) is 5.78 Å². The van der Waals surface area contributed by atoms with Gasteiger partial charge in [-0.05, 0) is 18.1 Å². The lowest BCUT2D eigenvalue weighted by Crippen LogP contribution is -2.04. The molecule has 13 heavy (non-hydrogen) atoms. The Labute approximate surface area is 83.7 Å². The second-order valence-electron chi connectivity index (χ2n) is 3.08. The standard InChI is InChI=1S/C11H13ClO/c1-9-4-2-3-5-10(9)8-11(13)6-7-12/h2-5H,6-8H2,1H3. The van der Waals surface area contributed by atoms with Crippen LogP contribution in [0.3, 0.4) is 0 Å². The molecule has 0 atom stereocenters. The average molecular weight is 197 g/mol. The van der Waals surface area contributed by atoms with E-state index in [1.165, 1.54) is 5.56 Å². The maximum Gasteiger partial charge on any atom is 0.138 e. The zero-order valence-electron chi connectivity index (χ0n) is 7.72. The van der Waals surface area contributed by atoms with Crippen molar-refractivity contribution in [3.63, 3.8) is 0 Å². The molecule has 1 aromatic carbocycles. The first-order chi connectivity index (χ1) is 6.24. The molecule has 0 aliphatic rings. The Morgan fingerprint density at radius 2 is 2.08 bits per heavy atom. The van der Waals surface area contributed by atoms with Crippen molar-refractivity contribution in [2.75, 3.05) is 5.88 Å². The highest BCUT2D eigenvalue weighted by Gasteiger charge is 2.04. The number of carbonyl (C=O) groups is 1. The van der Waals surface area contributed by atoms with E-state index in [0.29, 0.717) is 18.7 Å². The van der Waals surface area contributed by atoms with Crippen molar-refractivity contribution >= 4 is 17.4 Å². The average Bonchev–Trinajstić information content (AvgIpc) is 2.09. The highest BCUT2D eigenvalue weighted by molar-refractivity contribution is 6.19. The van der Waals surface area contributed by atoms with Gasteiger partial charge in [-0.3, -0.25) is 4.79 Å². The number of hydrogen-bond donors (Lipinski definition) is 0. The number of ketones is 1. The number of hydrogen-bond acceptors (Lipinski definition) is 1. The third-order valence-corrected chi connectivity index (χ3v) is 2.21. The quantitative estimate of drug-likeness (QED) is 0.677. The summed E-state index contributed by atoms with van der Waals surface area (Å²) < 4.78 is 0. The van der Waals surface area contributed by atoms with Crippen molar-refractivity contribution in [1.82, 2.24) is 0 Å². The lowest BCUT2D eigenvalue weighted by molar-refractivity contribution is -0.118. The van der Waals surface area contributed by atoms with Crippen LogP contribution in [-0.4, -0.2) is 11.7 Å². The van der Waals surface area contributed by atoms with E-state index in [0.717, 1.165) is 5.56 Å². The molecule has 0 bridgehead atoms. The third-order valence-electron chi connectivity index (χ3n) is 2.02. The van der Waals surface area contributed by atoms with Crippen LogP contribution in [0.2, 0.25) is 0 Å². The van der Waals surface area contributed by atoms with E-state index >= 15 is 0 Å². The number of alkyl halides is 1. The molecule has 0 amide bonds. The predicted molar refractivity (Wildman–Crippen MR) is 55.2 cm³/mol. The first-order valence-corrected chi connectivity index (χ1v) is 4.89. The summed E-state index contributed by atoms with van der Waals surface area (Å²) in [5, 5.41) is 0. The molecule has 0 unspecified atom stereocenters. The van der Waals surface area contributed by atoms with Crippen LogP contribution in [0, 0.1) is 6.92 Å². The molecular formula is C11H13ClO. The topological polar surface area (TPSA) is 17.1 Å². The van der Waals surface area contributed by atoms with E-state index in [-0.39, 0.29) is 5.78 Å². The highest BCUT2D eigenvalue weighted by atomic mass is 35.5. The van der Waals surface area contributed by atoms with Gasteiger partial charge in [0.05, 0.1) is 0 Å². The predicted octanol–water partition coefficient (Wildman–Crippen LogP) is 2.74. The lowest BCUT2D eigenvalue weighted by Gasteiger charge is -2.02. The molecule has 1 aromatic rings. The second-order valence-corrected chi connectivity index (χ2v) is 3.46. The molecule has 0 aliphatic heterocycles. The van der Waals surface area contributed by atoms with E-state index in [1.807, 2.05) is 31.2 Å². The number of aryl methyl sites for hydroxylation is 1. The number of benzene rings is 1. The van der Waals surface area contributed by atoms with Crippen LogP contribution >= 0.6 is 11.6 Å². The van der Waals surface area contributed by atoms with Crippen LogP contribution in [0.4, 0.5) is 0 Å². The third kappa shape index (κ3) is 3.19. The van der Waals surface area contributed by atoms with Gasteiger partial charge >= 0.3 is 0 Å². The molecule has 1 nitrogen and oxygen atoms in total. The number of rotatable bonds is 4. The summed E-state index contributed by atoms with van der Waals surface area (Å²) in [6.45, 7) is 2.02. The molecule has 0 saturated heterocycles. The second kappa shape index (κ2) is 5.03. The van der Waals surface area contributed by atoms with Crippen molar-refractivity contribution < 1.29 is 4.79 Å². The molecule has 0 aliphatic carbocycles. The molecule has 2 heteroatoms. The fourth-order valence-corrected chi connectivity index (χ4v) is 1.43.